The molecule has 106 valence electrons. The van der Waals surface area contributed by atoms with E-state index in [2.05, 4.69) is 47.8 Å². The number of rotatable bonds is 4. The summed E-state index contributed by atoms with van der Waals surface area (Å²) in [5, 5.41) is 0. The van der Waals surface area contributed by atoms with E-state index in [0.717, 1.165) is 24.8 Å². The summed E-state index contributed by atoms with van der Waals surface area (Å²) in [6, 6.07) is 5.21. The van der Waals surface area contributed by atoms with Gasteiger partial charge < -0.3 is 4.74 Å². The first-order valence-corrected chi connectivity index (χ1v) is 9.09. The Bertz CT molecular complexity index is 650. The molecule has 2 aromatic rings. The predicted molar refractivity (Wildman–Crippen MR) is 93.7 cm³/mol. The number of ketones is 1. The molecule has 2 nitrogen and oxygen atoms in total. The Kier molecular flexibility index (Phi) is 5.97. The highest BCUT2D eigenvalue weighted by Crippen LogP contribution is 2.37. The van der Waals surface area contributed by atoms with Crippen molar-refractivity contribution < 1.29 is 9.53 Å². The Labute approximate surface area is 154 Å². The van der Waals surface area contributed by atoms with Gasteiger partial charge in [-0.2, -0.15) is 0 Å². The fourth-order valence-corrected chi connectivity index (χ4v) is 5.40. The number of carbonyl (C=O) groups is 1. The normalized spacial score (nSPS) is 10.7. The molecular weight excluding hydrogens is 519 g/mol. The van der Waals surface area contributed by atoms with Gasteiger partial charge in [-0.25, -0.2) is 0 Å². The van der Waals surface area contributed by atoms with E-state index in [-0.39, 0.29) is 12.4 Å². The van der Waals surface area contributed by atoms with Crippen molar-refractivity contribution in [1.82, 2.24) is 0 Å². The zero-order valence-corrected chi connectivity index (χ0v) is 16.6. The van der Waals surface area contributed by atoms with Crippen LogP contribution in [-0.4, -0.2) is 12.4 Å². The van der Waals surface area contributed by atoms with E-state index in [1.54, 1.807) is 6.07 Å². The van der Waals surface area contributed by atoms with Crippen LogP contribution in [0.4, 0.5) is 0 Å². The first-order chi connectivity index (χ1) is 9.38. The van der Waals surface area contributed by atoms with Crippen LogP contribution in [0.5, 0.6) is 5.75 Å². The monoisotopic (exact) mass is 520 g/mol. The molecule has 1 aromatic carbocycles. The zero-order chi connectivity index (χ0) is 14.9. The Morgan fingerprint density at radius 3 is 2.25 bits per heavy atom. The lowest BCUT2D eigenvalue weighted by atomic mass is 10.2. The third-order valence-electron chi connectivity index (χ3n) is 2.27. The van der Waals surface area contributed by atoms with Gasteiger partial charge in [0.1, 0.15) is 10.1 Å². The van der Waals surface area contributed by atoms with Crippen molar-refractivity contribution >= 4 is 88.1 Å². The van der Waals surface area contributed by atoms with Crippen molar-refractivity contribution in [3.8, 4) is 5.75 Å². The van der Waals surface area contributed by atoms with Gasteiger partial charge in [0.2, 0.25) is 5.78 Å². The molecule has 0 radical (unpaired) electrons. The summed E-state index contributed by atoms with van der Waals surface area (Å²) in [5.41, 5.74) is 0.381. The number of Topliss-reactive ketones (excluding diaryl/α,β-unsaturated/α-hetero) is 1. The quantitative estimate of drug-likeness (QED) is 0.422. The second kappa shape index (κ2) is 7.11. The number of carbonyl (C=O) groups excluding carboxylic acids is 1. The second-order valence-corrected chi connectivity index (χ2v) is 8.56. The molecule has 1 heterocycles. The van der Waals surface area contributed by atoms with Gasteiger partial charge >= 0.3 is 0 Å². The number of thiophene rings is 1. The fraction of sp³-hybridized carbons (Fsp3) is 0.0833. The number of benzene rings is 1. The van der Waals surface area contributed by atoms with Crippen LogP contribution >= 0.6 is 82.3 Å². The Morgan fingerprint density at radius 1 is 1.15 bits per heavy atom. The van der Waals surface area contributed by atoms with Gasteiger partial charge in [-0.05, 0) is 50.1 Å². The van der Waals surface area contributed by atoms with Gasteiger partial charge in [-0.3, -0.25) is 4.79 Å². The second-order valence-electron chi connectivity index (χ2n) is 3.65. The lowest BCUT2D eigenvalue weighted by molar-refractivity contribution is 0.0921. The maximum atomic E-state index is 12.0. The van der Waals surface area contributed by atoms with Crippen molar-refractivity contribution in [2.75, 3.05) is 6.61 Å². The maximum Gasteiger partial charge on any atom is 0.202 e. The van der Waals surface area contributed by atoms with Crippen LogP contribution in [0.25, 0.3) is 0 Å². The summed E-state index contributed by atoms with van der Waals surface area (Å²) in [6.07, 6.45) is 0. The lowest BCUT2D eigenvalue weighted by Gasteiger charge is -2.10. The van der Waals surface area contributed by atoms with Crippen LogP contribution in [0.2, 0.25) is 8.67 Å². The standard InChI is InChI=1S/C12H5Br3Cl2O2S/c13-5-1-7(14)11(8(15)2-5)19-4-9(18)6-3-10(16)20-12(6)17/h1-3H,4H2. The smallest absolute Gasteiger partial charge is 0.202 e. The highest BCUT2D eigenvalue weighted by Gasteiger charge is 2.16. The van der Waals surface area contributed by atoms with Gasteiger partial charge in [0.15, 0.2) is 6.61 Å². The molecule has 0 unspecified atom stereocenters. The molecule has 0 fully saturated rings. The molecule has 0 N–H and O–H groups in total. The van der Waals surface area contributed by atoms with Crippen LogP contribution in [0.15, 0.2) is 31.6 Å². The first kappa shape index (κ1) is 16.8. The van der Waals surface area contributed by atoms with Gasteiger partial charge in [0.25, 0.3) is 0 Å². The number of halogens is 5. The minimum atomic E-state index is -0.222. The van der Waals surface area contributed by atoms with Crippen molar-refractivity contribution in [2.24, 2.45) is 0 Å². The summed E-state index contributed by atoms with van der Waals surface area (Å²) in [5.74, 6) is 0.332. The average molecular weight is 524 g/mol. The number of ether oxygens (including phenoxy) is 1. The minimum absolute atomic E-state index is 0.119. The molecule has 1 aromatic heterocycles. The number of hydrogen-bond acceptors (Lipinski definition) is 3. The van der Waals surface area contributed by atoms with Gasteiger partial charge in [0.05, 0.1) is 18.8 Å². The number of hydrogen-bond donors (Lipinski definition) is 0. The van der Waals surface area contributed by atoms with Crippen molar-refractivity contribution in [2.45, 2.75) is 0 Å². The molecular formula is C12H5Br3Cl2O2S. The molecule has 0 saturated heterocycles. The summed E-state index contributed by atoms with van der Waals surface area (Å²) >= 11 is 23.0. The minimum Gasteiger partial charge on any atom is -0.483 e. The average Bonchev–Trinajstić information content (AvgIpc) is 2.66. The molecule has 20 heavy (non-hydrogen) atoms. The van der Waals surface area contributed by atoms with Crippen LogP contribution in [0.1, 0.15) is 10.4 Å². The fourth-order valence-electron chi connectivity index (χ4n) is 1.41. The topological polar surface area (TPSA) is 26.3 Å². The first-order valence-electron chi connectivity index (χ1n) is 5.14. The molecule has 0 bridgehead atoms. The largest absolute Gasteiger partial charge is 0.483 e. The lowest BCUT2D eigenvalue weighted by Crippen LogP contribution is -2.11. The molecule has 8 heteroatoms. The summed E-state index contributed by atoms with van der Waals surface area (Å²) < 4.78 is 8.76. The molecule has 0 atom stereocenters. The molecule has 0 aliphatic rings. The Balaban J connectivity index is 2.13. The van der Waals surface area contributed by atoms with E-state index in [4.69, 9.17) is 27.9 Å². The zero-order valence-electron chi connectivity index (χ0n) is 9.55. The van der Waals surface area contributed by atoms with Crippen LogP contribution in [0.3, 0.4) is 0 Å². The third-order valence-corrected chi connectivity index (χ3v) is 5.39. The highest BCUT2D eigenvalue weighted by atomic mass is 79.9. The molecule has 2 rings (SSSR count). The van der Waals surface area contributed by atoms with E-state index in [0.29, 0.717) is 20.0 Å². The van der Waals surface area contributed by atoms with E-state index in [1.807, 2.05) is 12.1 Å². The maximum absolute atomic E-state index is 12.0. The highest BCUT2D eigenvalue weighted by molar-refractivity contribution is 9.11. The SMILES string of the molecule is O=C(COc1c(Br)cc(Br)cc1Br)c1cc(Cl)sc1Cl. The van der Waals surface area contributed by atoms with Crippen molar-refractivity contribution in [3.05, 3.63) is 45.9 Å². The van der Waals surface area contributed by atoms with Crippen molar-refractivity contribution in [1.29, 1.82) is 0 Å². The summed E-state index contributed by atoms with van der Waals surface area (Å²) in [6.45, 7) is -0.119. The van der Waals surface area contributed by atoms with Crippen molar-refractivity contribution in [3.63, 3.8) is 0 Å². The van der Waals surface area contributed by atoms with Gasteiger partial charge in [0, 0.05) is 4.47 Å². The molecule has 0 spiro atoms. The van der Waals surface area contributed by atoms with Crippen LogP contribution in [-0.2, 0) is 0 Å². The Hall–Kier alpha value is 0.410. The van der Waals surface area contributed by atoms with E-state index in [1.165, 1.54) is 0 Å². The van der Waals surface area contributed by atoms with Crippen LogP contribution in [0, 0.1) is 0 Å². The summed E-state index contributed by atoms with van der Waals surface area (Å²) in [4.78, 5) is 12.0. The van der Waals surface area contributed by atoms with Gasteiger partial charge in [-0.15, -0.1) is 11.3 Å². The Morgan fingerprint density at radius 2 is 1.75 bits per heavy atom. The van der Waals surface area contributed by atoms with E-state index >= 15 is 0 Å². The predicted octanol–water partition coefficient (Wildman–Crippen LogP) is 6.60. The molecule has 0 saturated carbocycles. The molecule has 0 aliphatic heterocycles. The van der Waals surface area contributed by atoms with E-state index < -0.39 is 0 Å². The van der Waals surface area contributed by atoms with Crippen LogP contribution < -0.4 is 4.74 Å². The summed E-state index contributed by atoms with van der Waals surface area (Å²) in [7, 11) is 0. The van der Waals surface area contributed by atoms with Gasteiger partial charge in [-0.1, -0.05) is 39.1 Å². The third kappa shape index (κ3) is 3.99. The van der Waals surface area contributed by atoms with E-state index in [9.17, 15) is 4.79 Å². The molecule has 0 aliphatic carbocycles. The molecule has 0 amide bonds.